The van der Waals surface area contributed by atoms with E-state index in [2.05, 4.69) is 70.9 Å². The zero-order chi connectivity index (χ0) is 16.1. The van der Waals surface area contributed by atoms with Gasteiger partial charge in [0.1, 0.15) is 0 Å². The van der Waals surface area contributed by atoms with Crippen molar-refractivity contribution in [2.45, 2.75) is 19.0 Å². The molecule has 0 spiro atoms. The van der Waals surface area contributed by atoms with Crippen LogP contribution in [0, 0.1) is 5.41 Å². The number of likely N-dealkylation sites (tertiary alicyclic amines) is 1. The summed E-state index contributed by atoms with van der Waals surface area (Å²) in [5.41, 5.74) is 3.73. The quantitative estimate of drug-likeness (QED) is 0.800. The molecule has 3 nitrogen and oxygen atoms in total. The first-order chi connectivity index (χ1) is 11.3. The van der Waals surface area contributed by atoms with Crippen molar-refractivity contribution in [3.05, 3.63) is 83.6 Å². The van der Waals surface area contributed by atoms with Crippen LogP contribution >= 0.6 is 0 Å². The topological polar surface area (TPSA) is 39.1 Å². The minimum absolute atomic E-state index is 0.308. The van der Waals surface area contributed by atoms with E-state index >= 15 is 0 Å². The van der Waals surface area contributed by atoms with Gasteiger partial charge in [-0.2, -0.15) is 0 Å². The number of rotatable bonds is 6. The summed E-state index contributed by atoms with van der Waals surface area (Å²) >= 11 is 0. The lowest BCUT2D eigenvalue weighted by molar-refractivity contribution is 0.0988. The van der Waals surface area contributed by atoms with Gasteiger partial charge < -0.3 is 10.7 Å². The van der Waals surface area contributed by atoms with Gasteiger partial charge >= 0.3 is 0 Å². The van der Waals surface area contributed by atoms with E-state index in [-0.39, 0.29) is 0 Å². The summed E-state index contributed by atoms with van der Waals surface area (Å²) in [6, 6.07) is 22.2. The number of nitrogens with one attached hydrogen (secondary N) is 2. The fourth-order valence-electron chi connectivity index (χ4n) is 3.19. The van der Waals surface area contributed by atoms with E-state index in [4.69, 9.17) is 5.41 Å². The van der Waals surface area contributed by atoms with E-state index in [1.54, 1.807) is 6.08 Å². The highest BCUT2D eigenvalue weighted by atomic mass is 15.3. The smallest absolute Gasteiger partial charge is 0.0603 e. The third-order valence-electron chi connectivity index (χ3n) is 4.27. The maximum absolute atomic E-state index is 7.13. The summed E-state index contributed by atoms with van der Waals surface area (Å²) in [6.07, 6.45) is 3.13. The molecule has 2 aromatic rings. The van der Waals surface area contributed by atoms with Crippen molar-refractivity contribution in [2.75, 3.05) is 13.1 Å². The molecule has 0 aliphatic carbocycles. The van der Waals surface area contributed by atoms with E-state index in [9.17, 15) is 0 Å². The van der Waals surface area contributed by atoms with Gasteiger partial charge in [-0.1, -0.05) is 60.7 Å². The molecule has 0 radical (unpaired) electrons. The van der Waals surface area contributed by atoms with Crippen molar-refractivity contribution in [3.63, 3.8) is 0 Å². The molecule has 3 rings (SSSR count). The predicted octanol–water partition coefficient (Wildman–Crippen LogP) is 3.60. The van der Waals surface area contributed by atoms with Crippen LogP contribution in [-0.4, -0.2) is 30.2 Å². The Balaban J connectivity index is 1.74. The van der Waals surface area contributed by atoms with E-state index in [0.29, 0.717) is 12.1 Å². The molecular formula is C20H23N3. The Hall–Kier alpha value is -2.39. The minimum atomic E-state index is 0.308. The molecule has 1 aliphatic rings. The van der Waals surface area contributed by atoms with Crippen LogP contribution in [0.4, 0.5) is 0 Å². The van der Waals surface area contributed by atoms with Gasteiger partial charge in [0.15, 0.2) is 0 Å². The molecule has 1 aliphatic heterocycles. The van der Waals surface area contributed by atoms with Crippen molar-refractivity contribution < 1.29 is 0 Å². The standard InChI is InChI=1S/C20H23N3/c1-16(12-13-21)22-19-14-23(15-19)20(17-8-4-2-5-9-17)18-10-6-3-7-11-18/h2-13,19-22H,14-15H2,1H3/b16-12-,21-13?. The molecule has 0 aromatic heterocycles. The van der Waals surface area contributed by atoms with Crippen molar-refractivity contribution in [2.24, 2.45) is 0 Å². The number of benzene rings is 2. The average molecular weight is 305 g/mol. The number of hydrogen-bond acceptors (Lipinski definition) is 3. The van der Waals surface area contributed by atoms with Crippen LogP contribution in [0.2, 0.25) is 0 Å². The van der Waals surface area contributed by atoms with E-state index in [0.717, 1.165) is 18.8 Å². The van der Waals surface area contributed by atoms with Crippen LogP contribution in [0.15, 0.2) is 72.4 Å². The first kappa shape index (κ1) is 15.5. The summed E-state index contributed by atoms with van der Waals surface area (Å²) in [5.74, 6) is 0. The first-order valence-electron chi connectivity index (χ1n) is 8.06. The van der Waals surface area contributed by atoms with Gasteiger partial charge in [-0.15, -0.1) is 0 Å². The van der Waals surface area contributed by atoms with Gasteiger partial charge in [-0.25, -0.2) is 0 Å². The summed E-state index contributed by atoms with van der Waals surface area (Å²) in [6.45, 7) is 4.04. The largest absolute Gasteiger partial charge is 0.383 e. The fourth-order valence-corrected chi connectivity index (χ4v) is 3.19. The predicted molar refractivity (Wildman–Crippen MR) is 95.8 cm³/mol. The summed E-state index contributed by atoms with van der Waals surface area (Å²) in [5, 5.41) is 10.6. The second-order valence-corrected chi connectivity index (χ2v) is 6.04. The van der Waals surface area contributed by atoms with Crippen molar-refractivity contribution in [1.29, 1.82) is 5.41 Å². The maximum Gasteiger partial charge on any atom is 0.0603 e. The molecule has 1 fully saturated rings. The van der Waals surface area contributed by atoms with E-state index < -0.39 is 0 Å². The number of nitrogens with zero attached hydrogens (tertiary/aromatic N) is 1. The highest BCUT2D eigenvalue weighted by Gasteiger charge is 2.33. The number of allylic oxidation sites excluding steroid dienone is 2. The molecule has 118 valence electrons. The molecular weight excluding hydrogens is 282 g/mol. The third-order valence-corrected chi connectivity index (χ3v) is 4.27. The molecule has 2 N–H and O–H groups in total. The molecule has 0 atom stereocenters. The summed E-state index contributed by atoms with van der Waals surface area (Å²) in [4.78, 5) is 2.50. The molecule has 0 saturated carbocycles. The van der Waals surface area contributed by atoms with Crippen LogP contribution in [0.1, 0.15) is 24.1 Å². The normalized spacial score (nSPS) is 16.2. The van der Waals surface area contributed by atoms with Gasteiger partial charge in [0.05, 0.1) is 12.1 Å². The molecule has 3 heteroatoms. The van der Waals surface area contributed by atoms with E-state index in [1.807, 2.05) is 6.92 Å². The molecule has 0 unspecified atom stereocenters. The van der Waals surface area contributed by atoms with Gasteiger partial charge in [-0.05, 0) is 24.1 Å². The second kappa shape index (κ2) is 7.25. The monoisotopic (exact) mass is 305 g/mol. The Labute approximate surface area is 138 Å². The molecule has 23 heavy (non-hydrogen) atoms. The lowest BCUT2D eigenvalue weighted by atomic mass is 9.93. The molecule has 0 bridgehead atoms. The highest BCUT2D eigenvalue weighted by molar-refractivity contribution is 5.68. The Morgan fingerprint density at radius 1 is 1.04 bits per heavy atom. The third kappa shape index (κ3) is 3.69. The van der Waals surface area contributed by atoms with Gasteiger partial charge in [-0.3, -0.25) is 4.90 Å². The van der Waals surface area contributed by atoms with E-state index in [1.165, 1.54) is 17.3 Å². The zero-order valence-corrected chi connectivity index (χ0v) is 13.4. The Morgan fingerprint density at radius 2 is 1.57 bits per heavy atom. The van der Waals surface area contributed by atoms with Gasteiger partial charge in [0.2, 0.25) is 0 Å². The first-order valence-corrected chi connectivity index (χ1v) is 8.06. The van der Waals surface area contributed by atoms with Crippen molar-refractivity contribution in [1.82, 2.24) is 10.2 Å². The lowest BCUT2D eigenvalue weighted by Gasteiger charge is -2.45. The second-order valence-electron chi connectivity index (χ2n) is 6.04. The van der Waals surface area contributed by atoms with Crippen molar-refractivity contribution in [3.8, 4) is 0 Å². The lowest BCUT2D eigenvalue weighted by Crippen LogP contribution is -2.58. The summed E-state index contributed by atoms with van der Waals surface area (Å²) < 4.78 is 0. The molecule has 1 saturated heterocycles. The average Bonchev–Trinajstić information content (AvgIpc) is 2.55. The summed E-state index contributed by atoms with van der Waals surface area (Å²) in [7, 11) is 0. The van der Waals surface area contributed by atoms with Gasteiger partial charge in [0, 0.05) is 25.0 Å². The van der Waals surface area contributed by atoms with Gasteiger partial charge in [0.25, 0.3) is 0 Å². The van der Waals surface area contributed by atoms with Crippen LogP contribution in [-0.2, 0) is 0 Å². The molecule has 1 heterocycles. The fraction of sp³-hybridized carbons (Fsp3) is 0.250. The van der Waals surface area contributed by atoms with Crippen molar-refractivity contribution >= 4 is 6.21 Å². The molecule has 0 amide bonds. The van der Waals surface area contributed by atoms with Crippen LogP contribution < -0.4 is 5.32 Å². The minimum Gasteiger partial charge on any atom is -0.383 e. The van der Waals surface area contributed by atoms with Crippen LogP contribution in [0.5, 0.6) is 0 Å². The SMILES string of the molecule is C/C(=C/C=N)NC1CN(C(c2ccccc2)c2ccccc2)C1. The number of hydrogen-bond donors (Lipinski definition) is 2. The van der Waals surface area contributed by atoms with Crippen LogP contribution in [0.25, 0.3) is 0 Å². The zero-order valence-electron chi connectivity index (χ0n) is 13.4. The highest BCUT2D eigenvalue weighted by Crippen LogP contribution is 2.32. The Bertz CT molecular complexity index is 618. The maximum atomic E-state index is 7.13. The Kier molecular flexibility index (Phi) is 4.89. The molecule has 2 aromatic carbocycles. The Morgan fingerprint density at radius 3 is 2.04 bits per heavy atom. The van der Waals surface area contributed by atoms with Crippen LogP contribution in [0.3, 0.4) is 0 Å².